The van der Waals surface area contributed by atoms with Gasteiger partial charge in [0.2, 0.25) is 0 Å². The number of H-pyrrole nitrogens is 1. The third-order valence-corrected chi connectivity index (χ3v) is 1.49. The molecule has 13 heavy (non-hydrogen) atoms. The number of rotatable bonds is 2. The Balaban J connectivity index is 3.44. The van der Waals surface area contributed by atoms with Gasteiger partial charge in [0.25, 0.3) is 12.0 Å². The van der Waals surface area contributed by atoms with Gasteiger partial charge in [-0.05, 0) is 0 Å². The van der Waals surface area contributed by atoms with Crippen LogP contribution in [0.15, 0.2) is 11.0 Å². The van der Waals surface area contributed by atoms with Crippen LogP contribution < -0.4 is 10.3 Å². The van der Waals surface area contributed by atoms with Crippen LogP contribution in [-0.2, 0) is 0 Å². The zero-order valence-corrected chi connectivity index (χ0v) is 6.67. The van der Waals surface area contributed by atoms with Gasteiger partial charge in [-0.3, -0.25) is 4.79 Å². The van der Waals surface area contributed by atoms with E-state index in [2.05, 4.69) is 9.72 Å². The van der Waals surface area contributed by atoms with Gasteiger partial charge in [-0.1, -0.05) is 0 Å². The maximum Gasteiger partial charge on any atom is 0.291 e. The number of hydrogen-bond donors (Lipinski definition) is 2. The number of ether oxygens (including phenoxy) is 1. The molecule has 0 aliphatic carbocycles. The van der Waals surface area contributed by atoms with Crippen LogP contribution in [0.3, 0.4) is 0 Å². The number of pyridine rings is 1. The summed E-state index contributed by atoms with van der Waals surface area (Å²) in [5, 5.41) is 8.99. The zero-order valence-electron chi connectivity index (χ0n) is 6.67. The number of methoxy groups -OCH3 is 1. The molecule has 1 heterocycles. The van der Waals surface area contributed by atoms with E-state index in [9.17, 15) is 13.6 Å². The van der Waals surface area contributed by atoms with Crippen LogP contribution in [0.1, 0.15) is 12.0 Å². The average Bonchev–Trinajstić information content (AvgIpc) is 2.07. The summed E-state index contributed by atoms with van der Waals surface area (Å²) in [7, 11) is 1.08. The van der Waals surface area contributed by atoms with E-state index >= 15 is 0 Å². The van der Waals surface area contributed by atoms with Crippen LogP contribution in [-0.4, -0.2) is 17.2 Å². The molecular weight excluding hydrogens is 184 g/mol. The third-order valence-electron chi connectivity index (χ3n) is 1.49. The summed E-state index contributed by atoms with van der Waals surface area (Å²) in [4.78, 5) is 13.0. The summed E-state index contributed by atoms with van der Waals surface area (Å²) in [6, 6.07) is 0. The molecule has 4 nitrogen and oxygen atoms in total. The molecule has 0 bridgehead atoms. The second-order valence-corrected chi connectivity index (χ2v) is 2.25. The first-order chi connectivity index (χ1) is 6.07. The van der Waals surface area contributed by atoms with E-state index in [4.69, 9.17) is 5.11 Å². The largest absolute Gasteiger partial charge is 0.506 e. The second-order valence-electron chi connectivity index (χ2n) is 2.25. The standard InChI is InChI=1S/C7H7F2NO3/c1-13-5-4(6(8)9)3(11)2-10-7(5)12/h2,6,11H,1H3,(H,10,12). The molecule has 0 radical (unpaired) electrons. The number of alkyl halides is 2. The van der Waals surface area contributed by atoms with Gasteiger partial charge in [-0.15, -0.1) is 0 Å². The number of nitrogens with one attached hydrogen (secondary N) is 1. The van der Waals surface area contributed by atoms with Crippen molar-refractivity contribution in [3.05, 3.63) is 22.1 Å². The van der Waals surface area contributed by atoms with E-state index in [-0.39, 0.29) is 0 Å². The molecule has 1 aromatic rings. The average molecular weight is 191 g/mol. The fourth-order valence-electron chi connectivity index (χ4n) is 0.929. The predicted octanol–water partition coefficient (Wildman–Crippen LogP) is 1.03. The molecule has 1 rings (SSSR count). The van der Waals surface area contributed by atoms with Gasteiger partial charge in [0.1, 0.15) is 11.3 Å². The summed E-state index contributed by atoms with van der Waals surface area (Å²) >= 11 is 0. The van der Waals surface area contributed by atoms with Crippen molar-refractivity contribution in [2.45, 2.75) is 6.43 Å². The van der Waals surface area contributed by atoms with Gasteiger partial charge in [-0.25, -0.2) is 8.78 Å². The normalized spacial score (nSPS) is 10.5. The fraction of sp³-hybridized carbons (Fsp3) is 0.286. The quantitative estimate of drug-likeness (QED) is 0.733. The van der Waals surface area contributed by atoms with E-state index in [1.54, 1.807) is 0 Å². The highest BCUT2D eigenvalue weighted by Gasteiger charge is 2.21. The Morgan fingerprint density at radius 3 is 2.62 bits per heavy atom. The molecule has 0 atom stereocenters. The molecule has 6 heteroatoms. The van der Waals surface area contributed by atoms with Crippen molar-refractivity contribution in [1.82, 2.24) is 4.98 Å². The lowest BCUT2D eigenvalue weighted by Gasteiger charge is -2.07. The fourth-order valence-corrected chi connectivity index (χ4v) is 0.929. The highest BCUT2D eigenvalue weighted by Crippen LogP contribution is 2.32. The minimum Gasteiger partial charge on any atom is -0.506 e. The monoisotopic (exact) mass is 191 g/mol. The van der Waals surface area contributed by atoms with Gasteiger partial charge in [-0.2, -0.15) is 0 Å². The second kappa shape index (κ2) is 3.42. The van der Waals surface area contributed by atoms with E-state index in [1.165, 1.54) is 0 Å². The Labute approximate surface area is 71.8 Å². The molecular formula is C7H7F2NO3. The molecule has 0 aliphatic heterocycles. The first kappa shape index (κ1) is 9.50. The van der Waals surface area contributed by atoms with Crippen LogP contribution in [0.5, 0.6) is 11.5 Å². The number of halogens is 2. The maximum atomic E-state index is 12.3. The summed E-state index contributed by atoms with van der Waals surface area (Å²) in [6.45, 7) is 0. The highest BCUT2D eigenvalue weighted by molar-refractivity contribution is 5.41. The molecule has 0 aromatic carbocycles. The summed E-state index contributed by atoms with van der Waals surface area (Å²) in [5.74, 6) is -1.25. The van der Waals surface area contributed by atoms with Crippen molar-refractivity contribution in [2.24, 2.45) is 0 Å². The molecule has 1 aromatic heterocycles. The Morgan fingerprint density at radius 1 is 1.62 bits per heavy atom. The molecule has 0 spiro atoms. The molecule has 0 amide bonds. The summed E-state index contributed by atoms with van der Waals surface area (Å²) in [5.41, 5.74) is -1.58. The highest BCUT2D eigenvalue weighted by atomic mass is 19.3. The van der Waals surface area contributed by atoms with Crippen molar-refractivity contribution in [3.8, 4) is 11.5 Å². The van der Waals surface area contributed by atoms with Crippen molar-refractivity contribution in [1.29, 1.82) is 0 Å². The molecule has 0 saturated carbocycles. The van der Waals surface area contributed by atoms with Gasteiger partial charge in [0.15, 0.2) is 5.75 Å². The van der Waals surface area contributed by atoms with Gasteiger partial charge >= 0.3 is 0 Å². The molecule has 0 aliphatic rings. The molecule has 2 N–H and O–H groups in total. The Hall–Kier alpha value is -1.59. The Morgan fingerprint density at radius 2 is 2.23 bits per heavy atom. The van der Waals surface area contributed by atoms with E-state index in [0.717, 1.165) is 13.3 Å². The molecule has 72 valence electrons. The van der Waals surface area contributed by atoms with Crippen LogP contribution in [0.2, 0.25) is 0 Å². The van der Waals surface area contributed by atoms with Crippen molar-refractivity contribution >= 4 is 0 Å². The van der Waals surface area contributed by atoms with Crippen LogP contribution >= 0.6 is 0 Å². The van der Waals surface area contributed by atoms with Gasteiger partial charge in [0, 0.05) is 6.20 Å². The number of aromatic amines is 1. The van der Waals surface area contributed by atoms with Gasteiger partial charge in [0.05, 0.1) is 7.11 Å². The molecule has 0 saturated heterocycles. The zero-order chi connectivity index (χ0) is 10.0. The lowest BCUT2D eigenvalue weighted by molar-refractivity contribution is 0.142. The van der Waals surface area contributed by atoms with Crippen LogP contribution in [0, 0.1) is 0 Å². The van der Waals surface area contributed by atoms with Crippen LogP contribution in [0.4, 0.5) is 8.78 Å². The number of hydrogen-bond acceptors (Lipinski definition) is 3. The minimum absolute atomic E-state index is 0.560. The van der Waals surface area contributed by atoms with Crippen LogP contribution in [0.25, 0.3) is 0 Å². The third kappa shape index (κ3) is 1.61. The van der Waals surface area contributed by atoms with Crippen molar-refractivity contribution < 1.29 is 18.6 Å². The minimum atomic E-state index is -2.95. The first-order valence-corrected chi connectivity index (χ1v) is 3.34. The SMILES string of the molecule is COc1c(C(F)F)c(O)c[nH]c1=O. The van der Waals surface area contributed by atoms with Crippen molar-refractivity contribution in [2.75, 3.05) is 7.11 Å². The lowest BCUT2D eigenvalue weighted by atomic mass is 10.2. The van der Waals surface area contributed by atoms with E-state index in [0.29, 0.717) is 0 Å². The predicted molar refractivity (Wildman–Crippen MR) is 40.2 cm³/mol. The first-order valence-electron chi connectivity index (χ1n) is 3.34. The smallest absolute Gasteiger partial charge is 0.291 e. The maximum absolute atomic E-state index is 12.3. The van der Waals surface area contributed by atoms with E-state index in [1.807, 2.05) is 0 Å². The Bertz CT molecular complexity index is 361. The number of aromatic nitrogens is 1. The Kier molecular flexibility index (Phi) is 2.50. The lowest BCUT2D eigenvalue weighted by Crippen LogP contribution is -2.11. The summed E-state index contributed by atoms with van der Waals surface area (Å²) < 4.78 is 29.0. The molecule has 0 fully saturated rings. The van der Waals surface area contributed by atoms with E-state index < -0.39 is 29.0 Å². The van der Waals surface area contributed by atoms with Gasteiger partial charge < -0.3 is 14.8 Å². The number of aromatic hydroxyl groups is 1. The summed E-state index contributed by atoms with van der Waals surface area (Å²) in [6.07, 6.45) is -2.15. The topological polar surface area (TPSA) is 62.3 Å². The molecule has 0 unspecified atom stereocenters. The van der Waals surface area contributed by atoms with Crippen molar-refractivity contribution in [3.63, 3.8) is 0 Å².